The lowest BCUT2D eigenvalue weighted by atomic mass is 10.2. The molecule has 4 aromatic heterocycles. The fourth-order valence-corrected chi connectivity index (χ4v) is 3.58. The molecule has 0 amide bonds. The first-order valence-corrected chi connectivity index (χ1v) is 8.78. The van der Waals surface area contributed by atoms with Gasteiger partial charge in [-0.1, -0.05) is 17.8 Å². The van der Waals surface area contributed by atoms with Crippen LogP contribution in [0.25, 0.3) is 17.0 Å². The second-order valence-corrected chi connectivity index (χ2v) is 6.37. The van der Waals surface area contributed by atoms with Crippen molar-refractivity contribution < 1.29 is 4.42 Å². The summed E-state index contributed by atoms with van der Waals surface area (Å²) >= 11 is 1.65. The van der Waals surface area contributed by atoms with Crippen molar-refractivity contribution in [1.29, 1.82) is 0 Å². The Hall–Kier alpha value is -2.54. The van der Waals surface area contributed by atoms with Crippen molar-refractivity contribution in [3.05, 3.63) is 54.4 Å². The summed E-state index contributed by atoms with van der Waals surface area (Å²) in [6.07, 6.45) is 5.74. The predicted octanol–water partition coefficient (Wildman–Crippen LogP) is 3.81. The van der Waals surface area contributed by atoms with Gasteiger partial charge in [0.2, 0.25) is 0 Å². The fraction of sp³-hybridized carbons (Fsp3) is 0.235. The molecule has 0 aliphatic rings. The van der Waals surface area contributed by atoms with Gasteiger partial charge in [0, 0.05) is 24.7 Å². The molecule has 4 aromatic rings. The van der Waals surface area contributed by atoms with Crippen LogP contribution in [-0.4, -0.2) is 24.1 Å². The topological polar surface area (TPSA) is 61.2 Å². The molecule has 4 heterocycles. The zero-order chi connectivity index (χ0) is 16.5. The summed E-state index contributed by atoms with van der Waals surface area (Å²) in [6, 6.07) is 7.93. The summed E-state index contributed by atoms with van der Waals surface area (Å²) in [5.74, 6) is 2.46. The second kappa shape index (κ2) is 6.16. The molecule has 0 aromatic carbocycles. The maximum absolute atomic E-state index is 5.39. The van der Waals surface area contributed by atoms with Crippen LogP contribution in [0.2, 0.25) is 0 Å². The number of hydrogen-bond donors (Lipinski definition) is 0. The Morgan fingerprint density at radius 2 is 2.12 bits per heavy atom. The van der Waals surface area contributed by atoms with Gasteiger partial charge in [-0.25, -0.2) is 4.98 Å². The van der Waals surface area contributed by atoms with Gasteiger partial charge in [-0.3, -0.25) is 0 Å². The lowest BCUT2D eigenvalue weighted by Crippen LogP contribution is -2.00. The molecular formula is C17H17N5OS. The third kappa shape index (κ3) is 2.60. The van der Waals surface area contributed by atoms with Crippen LogP contribution in [0.15, 0.2) is 52.5 Å². The highest BCUT2D eigenvalue weighted by molar-refractivity contribution is 7.98. The lowest BCUT2D eigenvalue weighted by Gasteiger charge is -2.05. The quantitative estimate of drug-likeness (QED) is 0.518. The molecule has 0 saturated heterocycles. The highest BCUT2D eigenvalue weighted by Crippen LogP contribution is 2.28. The van der Waals surface area contributed by atoms with E-state index in [-0.39, 0.29) is 0 Å². The Morgan fingerprint density at radius 1 is 1.21 bits per heavy atom. The Labute approximate surface area is 143 Å². The van der Waals surface area contributed by atoms with Crippen LogP contribution in [0, 0.1) is 6.92 Å². The smallest absolute Gasteiger partial charge is 0.191 e. The van der Waals surface area contributed by atoms with E-state index in [2.05, 4.69) is 32.9 Å². The Balaban J connectivity index is 1.58. The molecule has 24 heavy (non-hydrogen) atoms. The Kier molecular flexibility index (Phi) is 3.86. The van der Waals surface area contributed by atoms with E-state index in [4.69, 9.17) is 4.42 Å². The minimum Gasteiger partial charge on any atom is -0.469 e. The molecule has 4 rings (SSSR count). The summed E-state index contributed by atoms with van der Waals surface area (Å²) in [4.78, 5) is 4.62. The van der Waals surface area contributed by atoms with Crippen LogP contribution in [0.5, 0.6) is 0 Å². The van der Waals surface area contributed by atoms with Gasteiger partial charge >= 0.3 is 0 Å². The number of fused-ring (bicyclic) bond motifs is 1. The zero-order valence-electron chi connectivity index (χ0n) is 13.5. The van der Waals surface area contributed by atoms with E-state index in [1.54, 1.807) is 18.0 Å². The largest absolute Gasteiger partial charge is 0.469 e. The van der Waals surface area contributed by atoms with Gasteiger partial charge in [0.05, 0.1) is 17.5 Å². The van der Waals surface area contributed by atoms with Crippen molar-refractivity contribution in [2.75, 3.05) is 0 Å². The Bertz CT molecular complexity index is 951. The first-order valence-electron chi connectivity index (χ1n) is 7.79. The van der Waals surface area contributed by atoms with E-state index in [0.717, 1.165) is 45.9 Å². The molecule has 0 spiro atoms. The average molecular weight is 339 g/mol. The van der Waals surface area contributed by atoms with Crippen LogP contribution in [0.1, 0.15) is 18.4 Å². The molecule has 6 nitrogen and oxygen atoms in total. The minimum atomic E-state index is 0.754. The number of furan rings is 1. The third-order valence-electron chi connectivity index (χ3n) is 3.90. The summed E-state index contributed by atoms with van der Waals surface area (Å²) in [5.41, 5.74) is 2.97. The lowest BCUT2D eigenvalue weighted by molar-refractivity contribution is 0.534. The first kappa shape index (κ1) is 15.0. The SMILES string of the molecule is CCn1c(SCc2cn3ccccc3n2)nnc1-c1ccoc1C. The van der Waals surface area contributed by atoms with E-state index < -0.39 is 0 Å². The first-order chi connectivity index (χ1) is 11.8. The highest BCUT2D eigenvalue weighted by atomic mass is 32.2. The number of aryl methyl sites for hydroxylation is 1. The van der Waals surface area contributed by atoms with E-state index in [0.29, 0.717) is 0 Å². The molecule has 0 aliphatic heterocycles. The number of aromatic nitrogens is 5. The highest BCUT2D eigenvalue weighted by Gasteiger charge is 2.16. The third-order valence-corrected chi connectivity index (χ3v) is 4.90. The zero-order valence-corrected chi connectivity index (χ0v) is 14.3. The van der Waals surface area contributed by atoms with E-state index >= 15 is 0 Å². The Morgan fingerprint density at radius 3 is 2.88 bits per heavy atom. The van der Waals surface area contributed by atoms with Crippen molar-refractivity contribution in [1.82, 2.24) is 24.1 Å². The maximum Gasteiger partial charge on any atom is 0.191 e. The molecule has 0 aliphatic carbocycles. The second-order valence-electron chi connectivity index (χ2n) is 5.43. The number of pyridine rings is 1. The van der Waals surface area contributed by atoms with Crippen molar-refractivity contribution in [3.8, 4) is 11.4 Å². The molecular weight excluding hydrogens is 322 g/mol. The van der Waals surface area contributed by atoms with Gasteiger partial charge in [-0.2, -0.15) is 0 Å². The predicted molar refractivity (Wildman–Crippen MR) is 92.9 cm³/mol. The van der Waals surface area contributed by atoms with Crippen LogP contribution >= 0.6 is 11.8 Å². The number of rotatable bonds is 5. The summed E-state index contributed by atoms with van der Waals surface area (Å²) in [7, 11) is 0. The number of imidazole rings is 1. The molecule has 0 saturated carbocycles. The molecule has 0 radical (unpaired) electrons. The van der Waals surface area contributed by atoms with Gasteiger partial charge in [-0.15, -0.1) is 10.2 Å². The van der Waals surface area contributed by atoms with Crippen LogP contribution in [-0.2, 0) is 12.3 Å². The van der Waals surface area contributed by atoms with E-state index in [1.807, 2.05) is 41.8 Å². The van der Waals surface area contributed by atoms with Crippen LogP contribution in [0.4, 0.5) is 0 Å². The number of thioether (sulfide) groups is 1. The van der Waals surface area contributed by atoms with Gasteiger partial charge in [0.1, 0.15) is 11.4 Å². The van der Waals surface area contributed by atoms with Gasteiger partial charge < -0.3 is 13.4 Å². The van der Waals surface area contributed by atoms with Gasteiger partial charge in [-0.05, 0) is 32.0 Å². The molecule has 0 atom stereocenters. The van der Waals surface area contributed by atoms with Crippen LogP contribution < -0.4 is 0 Å². The summed E-state index contributed by atoms with van der Waals surface area (Å²) in [5, 5.41) is 9.60. The number of nitrogens with zero attached hydrogens (tertiary/aromatic N) is 5. The standard InChI is InChI=1S/C17H17N5OS/c1-3-22-16(14-7-9-23-12(14)2)19-20-17(22)24-11-13-10-21-8-5-4-6-15(21)18-13/h4-10H,3,11H2,1-2H3. The van der Waals surface area contributed by atoms with Crippen molar-refractivity contribution in [2.45, 2.75) is 31.3 Å². The van der Waals surface area contributed by atoms with Gasteiger partial charge in [0.15, 0.2) is 11.0 Å². The molecule has 7 heteroatoms. The van der Waals surface area contributed by atoms with E-state index in [1.165, 1.54) is 0 Å². The molecule has 0 bridgehead atoms. The van der Waals surface area contributed by atoms with Gasteiger partial charge in [0.25, 0.3) is 0 Å². The van der Waals surface area contributed by atoms with Crippen LogP contribution in [0.3, 0.4) is 0 Å². The van der Waals surface area contributed by atoms with Crippen molar-refractivity contribution >= 4 is 17.4 Å². The maximum atomic E-state index is 5.39. The molecule has 0 fully saturated rings. The summed E-state index contributed by atoms with van der Waals surface area (Å²) in [6.45, 7) is 4.84. The fourth-order valence-electron chi connectivity index (χ4n) is 2.69. The monoisotopic (exact) mass is 339 g/mol. The van der Waals surface area contributed by atoms with Crippen molar-refractivity contribution in [2.24, 2.45) is 0 Å². The molecule has 0 N–H and O–H groups in total. The average Bonchev–Trinajstić information content (AvgIpc) is 3.29. The van der Waals surface area contributed by atoms with Crippen molar-refractivity contribution in [3.63, 3.8) is 0 Å². The number of hydrogen-bond acceptors (Lipinski definition) is 5. The normalized spacial score (nSPS) is 11.4. The molecule has 122 valence electrons. The summed E-state index contributed by atoms with van der Waals surface area (Å²) < 4.78 is 9.53. The minimum absolute atomic E-state index is 0.754. The van der Waals surface area contributed by atoms with E-state index in [9.17, 15) is 0 Å². The molecule has 0 unspecified atom stereocenters.